The smallest absolute Gasteiger partial charge is 0.227 e. The van der Waals surface area contributed by atoms with Crippen molar-refractivity contribution in [1.82, 2.24) is 4.90 Å². The van der Waals surface area contributed by atoms with Gasteiger partial charge in [-0.15, -0.1) is 11.6 Å². The number of hydrogen-bond acceptors (Lipinski definition) is 3. The van der Waals surface area contributed by atoms with E-state index in [-0.39, 0.29) is 11.8 Å². The summed E-state index contributed by atoms with van der Waals surface area (Å²) in [6.07, 6.45) is 0.565. The van der Waals surface area contributed by atoms with Gasteiger partial charge in [-0.2, -0.15) is 0 Å². The van der Waals surface area contributed by atoms with Crippen LogP contribution in [0.25, 0.3) is 0 Å². The van der Waals surface area contributed by atoms with Crippen LogP contribution < -0.4 is 4.90 Å². The van der Waals surface area contributed by atoms with Crippen LogP contribution in [0.3, 0.4) is 0 Å². The van der Waals surface area contributed by atoms with Gasteiger partial charge in [0.2, 0.25) is 5.91 Å². The average Bonchev–Trinajstić information content (AvgIpc) is 2.90. The standard InChI is InChI=1S/C16H21ClN2O2/c17-10-13-9-16(20)19(11-13)15-4-2-1-3-14(15)12-18-5-7-21-8-6-18/h1-4,13H,5-12H2. The van der Waals surface area contributed by atoms with Crippen LogP contribution in [0.2, 0.25) is 0 Å². The Morgan fingerprint density at radius 1 is 1.24 bits per heavy atom. The van der Waals surface area contributed by atoms with Crippen LogP contribution in [0.4, 0.5) is 5.69 Å². The second-order valence-corrected chi connectivity index (χ2v) is 6.05. The number of hydrogen-bond donors (Lipinski definition) is 0. The number of ether oxygens (including phenoxy) is 1. The topological polar surface area (TPSA) is 32.8 Å². The molecule has 1 amide bonds. The first-order valence-electron chi connectivity index (χ1n) is 7.52. The number of halogens is 1. The van der Waals surface area contributed by atoms with Gasteiger partial charge in [-0.3, -0.25) is 9.69 Å². The molecule has 1 unspecified atom stereocenters. The van der Waals surface area contributed by atoms with Crippen LogP contribution in [0.15, 0.2) is 24.3 Å². The highest BCUT2D eigenvalue weighted by Crippen LogP contribution is 2.29. The largest absolute Gasteiger partial charge is 0.379 e. The maximum Gasteiger partial charge on any atom is 0.227 e. The highest BCUT2D eigenvalue weighted by atomic mass is 35.5. The molecule has 21 heavy (non-hydrogen) atoms. The molecule has 1 aromatic rings. The number of benzene rings is 1. The molecule has 2 saturated heterocycles. The zero-order valence-electron chi connectivity index (χ0n) is 12.1. The fourth-order valence-electron chi connectivity index (χ4n) is 3.03. The summed E-state index contributed by atoms with van der Waals surface area (Å²) in [5.74, 6) is 1.01. The minimum Gasteiger partial charge on any atom is -0.379 e. The first kappa shape index (κ1) is 14.8. The van der Waals surface area contributed by atoms with Crippen molar-refractivity contribution in [3.05, 3.63) is 29.8 Å². The Morgan fingerprint density at radius 3 is 2.71 bits per heavy atom. The SMILES string of the molecule is O=C1CC(CCl)CN1c1ccccc1CN1CCOCC1. The molecular formula is C16H21ClN2O2. The Bertz CT molecular complexity index is 503. The van der Waals surface area contributed by atoms with E-state index < -0.39 is 0 Å². The van der Waals surface area contributed by atoms with Crippen LogP contribution in [0.1, 0.15) is 12.0 Å². The molecule has 0 aliphatic carbocycles. The van der Waals surface area contributed by atoms with Crippen LogP contribution in [0.5, 0.6) is 0 Å². The van der Waals surface area contributed by atoms with Crippen LogP contribution in [-0.4, -0.2) is 49.5 Å². The molecule has 1 aromatic carbocycles. The van der Waals surface area contributed by atoms with E-state index in [9.17, 15) is 4.79 Å². The van der Waals surface area contributed by atoms with Crippen molar-refractivity contribution < 1.29 is 9.53 Å². The summed E-state index contributed by atoms with van der Waals surface area (Å²) in [6, 6.07) is 8.20. The highest BCUT2D eigenvalue weighted by molar-refractivity contribution is 6.18. The Balaban J connectivity index is 1.77. The molecule has 0 aromatic heterocycles. The second-order valence-electron chi connectivity index (χ2n) is 5.75. The van der Waals surface area contributed by atoms with Crippen LogP contribution in [-0.2, 0) is 16.1 Å². The summed E-state index contributed by atoms with van der Waals surface area (Å²) in [4.78, 5) is 16.5. The van der Waals surface area contributed by atoms with Crippen LogP contribution >= 0.6 is 11.6 Å². The monoisotopic (exact) mass is 308 g/mol. The summed E-state index contributed by atoms with van der Waals surface area (Å²) in [6.45, 7) is 5.09. The van der Waals surface area contributed by atoms with Gasteiger partial charge in [0.15, 0.2) is 0 Å². The number of para-hydroxylation sites is 1. The number of alkyl halides is 1. The van der Waals surface area contributed by atoms with E-state index in [1.807, 2.05) is 23.1 Å². The molecule has 2 aliphatic rings. The maximum atomic E-state index is 12.2. The Hall–Kier alpha value is -1.10. The predicted octanol–water partition coefficient (Wildman–Crippen LogP) is 2.11. The van der Waals surface area contributed by atoms with Crippen molar-refractivity contribution >= 4 is 23.2 Å². The van der Waals surface area contributed by atoms with Gasteiger partial charge in [-0.25, -0.2) is 0 Å². The number of morpholine rings is 1. The molecule has 114 valence electrons. The summed E-state index contributed by atoms with van der Waals surface area (Å²) in [5, 5.41) is 0. The lowest BCUT2D eigenvalue weighted by Crippen LogP contribution is -2.36. The van der Waals surface area contributed by atoms with Gasteiger partial charge < -0.3 is 9.64 Å². The fraction of sp³-hybridized carbons (Fsp3) is 0.562. The van der Waals surface area contributed by atoms with Gasteiger partial charge in [0, 0.05) is 44.2 Å². The van der Waals surface area contributed by atoms with Crippen molar-refractivity contribution in [1.29, 1.82) is 0 Å². The summed E-state index contributed by atoms with van der Waals surface area (Å²) in [5.41, 5.74) is 2.25. The first-order valence-corrected chi connectivity index (χ1v) is 8.05. The molecular weight excluding hydrogens is 288 g/mol. The van der Waals surface area contributed by atoms with Crippen molar-refractivity contribution in [3.63, 3.8) is 0 Å². The number of anilines is 1. The summed E-state index contributed by atoms with van der Waals surface area (Å²) >= 11 is 5.92. The third-order valence-electron chi connectivity index (χ3n) is 4.20. The third kappa shape index (κ3) is 3.39. The zero-order valence-corrected chi connectivity index (χ0v) is 12.9. The van der Waals surface area contributed by atoms with Crippen molar-refractivity contribution in [2.24, 2.45) is 5.92 Å². The predicted molar refractivity (Wildman–Crippen MR) is 83.7 cm³/mol. The van der Waals surface area contributed by atoms with E-state index in [4.69, 9.17) is 16.3 Å². The van der Waals surface area contributed by atoms with E-state index in [1.165, 1.54) is 5.56 Å². The molecule has 2 fully saturated rings. The zero-order chi connectivity index (χ0) is 14.7. The van der Waals surface area contributed by atoms with E-state index in [0.717, 1.165) is 45.1 Å². The normalized spacial score (nSPS) is 23.8. The molecule has 4 nitrogen and oxygen atoms in total. The van der Waals surface area contributed by atoms with E-state index in [1.54, 1.807) is 0 Å². The number of rotatable bonds is 4. The number of carbonyl (C=O) groups excluding carboxylic acids is 1. The van der Waals surface area contributed by atoms with E-state index >= 15 is 0 Å². The van der Waals surface area contributed by atoms with Gasteiger partial charge in [-0.05, 0) is 17.5 Å². The number of carbonyl (C=O) groups is 1. The lowest BCUT2D eigenvalue weighted by molar-refractivity contribution is -0.117. The molecule has 0 N–H and O–H groups in total. The van der Waals surface area contributed by atoms with Crippen molar-refractivity contribution in [2.75, 3.05) is 43.6 Å². The maximum absolute atomic E-state index is 12.2. The third-order valence-corrected chi connectivity index (χ3v) is 4.64. The minimum atomic E-state index is 0.190. The molecule has 1 atom stereocenters. The molecule has 0 saturated carbocycles. The van der Waals surface area contributed by atoms with E-state index in [2.05, 4.69) is 11.0 Å². The summed E-state index contributed by atoms with van der Waals surface area (Å²) in [7, 11) is 0. The van der Waals surface area contributed by atoms with Gasteiger partial charge in [0.1, 0.15) is 0 Å². The molecule has 2 aliphatic heterocycles. The van der Waals surface area contributed by atoms with Gasteiger partial charge in [0.05, 0.1) is 13.2 Å². The van der Waals surface area contributed by atoms with E-state index in [0.29, 0.717) is 12.3 Å². The van der Waals surface area contributed by atoms with Crippen molar-refractivity contribution in [2.45, 2.75) is 13.0 Å². The number of nitrogens with zero attached hydrogens (tertiary/aromatic N) is 2. The average molecular weight is 309 g/mol. The Morgan fingerprint density at radius 2 is 2.00 bits per heavy atom. The lowest BCUT2D eigenvalue weighted by atomic mass is 10.1. The molecule has 3 rings (SSSR count). The molecule has 2 heterocycles. The minimum absolute atomic E-state index is 0.190. The van der Waals surface area contributed by atoms with Gasteiger partial charge >= 0.3 is 0 Å². The summed E-state index contributed by atoms with van der Waals surface area (Å²) < 4.78 is 5.39. The Labute approximate surface area is 130 Å². The molecule has 0 spiro atoms. The van der Waals surface area contributed by atoms with Gasteiger partial charge in [-0.1, -0.05) is 18.2 Å². The lowest BCUT2D eigenvalue weighted by Gasteiger charge is -2.28. The van der Waals surface area contributed by atoms with Crippen molar-refractivity contribution in [3.8, 4) is 0 Å². The first-order chi connectivity index (χ1) is 10.3. The number of amides is 1. The highest BCUT2D eigenvalue weighted by Gasteiger charge is 2.31. The molecule has 5 heteroatoms. The fourth-order valence-corrected chi connectivity index (χ4v) is 3.23. The quantitative estimate of drug-likeness (QED) is 0.799. The molecule has 0 bridgehead atoms. The Kier molecular flexibility index (Phi) is 4.78. The molecule has 0 radical (unpaired) electrons. The van der Waals surface area contributed by atoms with Gasteiger partial charge in [0.25, 0.3) is 0 Å². The second kappa shape index (κ2) is 6.77. The van der Waals surface area contributed by atoms with Crippen LogP contribution in [0, 0.1) is 5.92 Å².